The minimum Gasteiger partial charge on any atom is -0.366 e. The molecule has 1 fully saturated rings. The second-order valence-electron chi connectivity index (χ2n) is 4.88. The summed E-state index contributed by atoms with van der Waals surface area (Å²) in [6.45, 7) is 3.70. The summed E-state index contributed by atoms with van der Waals surface area (Å²) in [5.41, 5.74) is 0. The van der Waals surface area contributed by atoms with Gasteiger partial charge < -0.3 is 5.32 Å². The number of sulfonamides is 1. The van der Waals surface area contributed by atoms with Crippen molar-refractivity contribution in [1.29, 1.82) is 0 Å². The van der Waals surface area contributed by atoms with Crippen LogP contribution in [0.2, 0.25) is 0 Å². The van der Waals surface area contributed by atoms with E-state index in [-0.39, 0.29) is 10.9 Å². The van der Waals surface area contributed by atoms with E-state index in [1.54, 1.807) is 25.4 Å². The fourth-order valence-corrected chi connectivity index (χ4v) is 3.03. The standard InChI is InChI=1S/C12H19N3O2S/c1-9(2)15(3)18(16,17)11-5-4-8-13-12(11)14-10-6-7-10/h4-5,8-10H,6-7H2,1-3H3,(H,13,14). The van der Waals surface area contributed by atoms with E-state index in [2.05, 4.69) is 10.3 Å². The van der Waals surface area contributed by atoms with Crippen LogP contribution in [0.4, 0.5) is 5.82 Å². The molecule has 18 heavy (non-hydrogen) atoms. The summed E-state index contributed by atoms with van der Waals surface area (Å²) in [4.78, 5) is 4.41. The molecule has 1 aromatic rings. The summed E-state index contributed by atoms with van der Waals surface area (Å²) in [6, 6.07) is 3.55. The van der Waals surface area contributed by atoms with Gasteiger partial charge in [-0.3, -0.25) is 0 Å². The smallest absolute Gasteiger partial charge is 0.246 e. The van der Waals surface area contributed by atoms with Crippen molar-refractivity contribution in [2.45, 2.75) is 43.7 Å². The van der Waals surface area contributed by atoms with Crippen molar-refractivity contribution in [2.24, 2.45) is 0 Å². The van der Waals surface area contributed by atoms with Crippen LogP contribution in [0.15, 0.2) is 23.2 Å². The van der Waals surface area contributed by atoms with Gasteiger partial charge in [0.2, 0.25) is 10.0 Å². The Morgan fingerprint density at radius 2 is 2.11 bits per heavy atom. The zero-order valence-electron chi connectivity index (χ0n) is 10.9. The van der Waals surface area contributed by atoms with E-state index >= 15 is 0 Å². The fraction of sp³-hybridized carbons (Fsp3) is 0.583. The van der Waals surface area contributed by atoms with Gasteiger partial charge in [-0.05, 0) is 38.8 Å². The highest BCUT2D eigenvalue weighted by molar-refractivity contribution is 7.89. The molecule has 100 valence electrons. The Labute approximate surface area is 108 Å². The van der Waals surface area contributed by atoms with E-state index in [9.17, 15) is 8.42 Å². The second kappa shape index (κ2) is 4.85. The van der Waals surface area contributed by atoms with Crippen molar-refractivity contribution >= 4 is 15.8 Å². The van der Waals surface area contributed by atoms with Gasteiger partial charge >= 0.3 is 0 Å². The van der Waals surface area contributed by atoms with Crippen LogP contribution < -0.4 is 5.32 Å². The molecular weight excluding hydrogens is 250 g/mol. The van der Waals surface area contributed by atoms with Gasteiger partial charge in [-0.25, -0.2) is 13.4 Å². The first-order valence-electron chi connectivity index (χ1n) is 6.12. The number of pyridine rings is 1. The third-order valence-electron chi connectivity index (χ3n) is 3.07. The number of hydrogen-bond donors (Lipinski definition) is 1. The number of hydrogen-bond acceptors (Lipinski definition) is 4. The van der Waals surface area contributed by atoms with Gasteiger partial charge in [0.1, 0.15) is 10.7 Å². The predicted molar refractivity (Wildman–Crippen MR) is 71.0 cm³/mol. The molecule has 0 atom stereocenters. The minimum atomic E-state index is -3.48. The molecule has 0 unspecified atom stereocenters. The first-order valence-corrected chi connectivity index (χ1v) is 7.56. The van der Waals surface area contributed by atoms with Crippen LogP contribution >= 0.6 is 0 Å². The number of nitrogens with one attached hydrogen (secondary N) is 1. The van der Waals surface area contributed by atoms with E-state index in [0.29, 0.717) is 11.9 Å². The molecule has 1 saturated carbocycles. The Hall–Kier alpha value is -1.14. The number of nitrogens with zero attached hydrogens (tertiary/aromatic N) is 2. The average Bonchev–Trinajstić information content (AvgIpc) is 3.12. The molecule has 5 nitrogen and oxygen atoms in total. The van der Waals surface area contributed by atoms with Gasteiger partial charge in [-0.15, -0.1) is 0 Å². The monoisotopic (exact) mass is 269 g/mol. The summed E-state index contributed by atoms with van der Waals surface area (Å²) in [6.07, 6.45) is 3.77. The van der Waals surface area contributed by atoms with Crippen molar-refractivity contribution < 1.29 is 8.42 Å². The van der Waals surface area contributed by atoms with Crippen molar-refractivity contribution in [3.05, 3.63) is 18.3 Å². The Kier molecular flexibility index (Phi) is 3.59. The van der Waals surface area contributed by atoms with Crippen LogP contribution in [0, 0.1) is 0 Å². The van der Waals surface area contributed by atoms with Gasteiger partial charge in [0.25, 0.3) is 0 Å². The van der Waals surface area contributed by atoms with Gasteiger partial charge in [-0.2, -0.15) is 4.31 Å². The average molecular weight is 269 g/mol. The van der Waals surface area contributed by atoms with Crippen molar-refractivity contribution in [2.75, 3.05) is 12.4 Å². The highest BCUT2D eigenvalue weighted by Gasteiger charge is 2.29. The van der Waals surface area contributed by atoms with Crippen LogP contribution in [-0.4, -0.2) is 36.8 Å². The van der Waals surface area contributed by atoms with Crippen LogP contribution in [0.3, 0.4) is 0 Å². The summed E-state index contributed by atoms with van der Waals surface area (Å²) in [5.74, 6) is 0.465. The third-order valence-corrected chi connectivity index (χ3v) is 5.14. The molecular formula is C12H19N3O2S. The lowest BCUT2D eigenvalue weighted by Gasteiger charge is -2.22. The molecule has 0 aromatic carbocycles. The second-order valence-corrected chi connectivity index (χ2v) is 6.85. The van der Waals surface area contributed by atoms with E-state index in [1.807, 2.05) is 13.8 Å². The lowest BCUT2D eigenvalue weighted by atomic mass is 10.4. The first-order chi connectivity index (χ1) is 8.43. The Morgan fingerprint density at radius 1 is 1.44 bits per heavy atom. The molecule has 0 aliphatic heterocycles. The maximum atomic E-state index is 12.4. The molecule has 6 heteroatoms. The number of anilines is 1. The third kappa shape index (κ3) is 2.64. The quantitative estimate of drug-likeness (QED) is 0.883. The van der Waals surface area contributed by atoms with E-state index in [1.165, 1.54) is 4.31 Å². The van der Waals surface area contributed by atoms with E-state index < -0.39 is 10.0 Å². The van der Waals surface area contributed by atoms with Crippen LogP contribution in [0.5, 0.6) is 0 Å². The van der Waals surface area contributed by atoms with Gasteiger partial charge in [0.05, 0.1) is 0 Å². The number of aromatic nitrogens is 1. The molecule has 2 rings (SSSR count). The maximum absolute atomic E-state index is 12.4. The summed E-state index contributed by atoms with van der Waals surface area (Å²) >= 11 is 0. The van der Waals surface area contributed by atoms with Crippen molar-refractivity contribution in [3.8, 4) is 0 Å². The highest BCUT2D eigenvalue weighted by atomic mass is 32.2. The van der Waals surface area contributed by atoms with Gasteiger partial charge in [0.15, 0.2) is 0 Å². The van der Waals surface area contributed by atoms with Gasteiger partial charge in [0, 0.05) is 25.3 Å². The molecule has 1 aliphatic carbocycles. The zero-order chi connectivity index (χ0) is 13.3. The van der Waals surface area contributed by atoms with Gasteiger partial charge in [-0.1, -0.05) is 0 Å². The SMILES string of the molecule is CC(C)N(C)S(=O)(=O)c1cccnc1NC1CC1. The number of rotatable bonds is 5. The van der Waals surface area contributed by atoms with E-state index in [0.717, 1.165) is 12.8 Å². The summed E-state index contributed by atoms with van der Waals surface area (Å²) in [7, 11) is -1.89. The zero-order valence-corrected chi connectivity index (χ0v) is 11.7. The van der Waals surface area contributed by atoms with Crippen LogP contribution in [0.1, 0.15) is 26.7 Å². The molecule has 0 bridgehead atoms. The normalized spacial score (nSPS) is 16.3. The largest absolute Gasteiger partial charge is 0.366 e. The molecule has 0 saturated heterocycles. The summed E-state index contributed by atoms with van der Waals surface area (Å²) < 4.78 is 26.2. The Morgan fingerprint density at radius 3 is 2.67 bits per heavy atom. The lowest BCUT2D eigenvalue weighted by Crippen LogP contribution is -2.33. The van der Waals surface area contributed by atoms with Crippen LogP contribution in [0.25, 0.3) is 0 Å². The first kappa shape index (κ1) is 13.3. The predicted octanol–water partition coefficient (Wildman–Crippen LogP) is 1.68. The fourth-order valence-electron chi connectivity index (χ4n) is 1.56. The minimum absolute atomic E-state index is 0.0796. The molecule has 1 aliphatic rings. The van der Waals surface area contributed by atoms with Crippen molar-refractivity contribution in [3.63, 3.8) is 0 Å². The molecule has 1 heterocycles. The maximum Gasteiger partial charge on any atom is 0.246 e. The highest BCUT2D eigenvalue weighted by Crippen LogP contribution is 2.28. The summed E-state index contributed by atoms with van der Waals surface area (Å²) in [5, 5.41) is 3.17. The van der Waals surface area contributed by atoms with E-state index in [4.69, 9.17) is 0 Å². The molecule has 0 amide bonds. The molecule has 0 radical (unpaired) electrons. The Bertz CT molecular complexity index is 524. The molecule has 1 aromatic heterocycles. The molecule has 0 spiro atoms. The molecule has 1 N–H and O–H groups in total. The van der Waals surface area contributed by atoms with Crippen molar-refractivity contribution in [1.82, 2.24) is 9.29 Å². The lowest BCUT2D eigenvalue weighted by molar-refractivity contribution is 0.410. The topological polar surface area (TPSA) is 62.3 Å². The Balaban J connectivity index is 2.36. The van der Waals surface area contributed by atoms with Crippen LogP contribution in [-0.2, 0) is 10.0 Å².